The number of ether oxygens (including phenoxy) is 1. The SMILES string of the molecule is CC(C)(C)OC(=O)N1CCC2(CC1)CC(Cc1ccccc1)NC2=O. The molecule has 136 valence electrons. The van der Waals surface area contributed by atoms with Gasteiger partial charge in [-0.3, -0.25) is 4.79 Å². The smallest absolute Gasteiger partial charge is 0.410 e. The Hall–Kier alpha value is -2.04. The Kier molecular flexibility index (Phi) is 4.76. The first kappa shape index (κ1) is 17.8. The second-order valence-corrected chi connectivity index (χ2v) is 8.31. The molecule has 1 aromatic rings. The second kappa shape index (κ2) is 6.70. The minimum atomic E-state index is -0.488. The van der Waals surface area contributed by atoms with Crippen molar-refractivity contribution in [2.75, 3.05) is 13.1 Å². The van der Waals surface area contributed by atoms with Gasteiger partial charge in [0.2, 0.25) is 5.91 Å². The molecule has 1 N–H and O–H groups in total. The van der Waals surface area contributed by atoms with E-state index < -0.39 is 5.60 Å². The first-order valence-electron chi connectivity index (χ1n) is 9.10. The molecule has 2 heterocycles. The molecule has 1 spiro atoms. The fraction of sp³-hybridized carbons (Fsp3) is 0.600. The minimum Gasteiger partial charge on any atom is -0.444 e. The van der Waals surface area contributed by atoms with E-state index >= 15 is 0 Å². The number of nitrogens with zero attached hydrogens (tertiary/aromatic N) is 1. The Morgan fingerprint density at radius 1 is 1.24 bits per heavy atom. The van der Waals surface area contributed by atoms with Crippen molar-refractivity contribution in [1.82, 2.24) is 10.2 Å². The summed E-state index contributed by atoms with van der Waals surface area (Å²) < 4.78 is 5.44. The molecule has 2 aliphatic heterocycles. The number of carbonyl (C=O) groups excluding carboxylic acids is 2. The molecule has 1 aromatic carbocycles. The highest BCUT2D eigenvalue weighted by Crippen LogP contribution is 2.41. The molecule has 5 nitrogen and oxygen atoms in total. The van der Waals surface area contributed by atoms with Crippen LogP contribution in [0.1, 0.15) is 45.6 Å². The Balaban J connectivity index is 1.57. The van der Waals surface area contributed by atoms with Crippen molar-refractivity contribution in [1.29, 1.82) is 0 Å². The van der Waals surface area contributed by atoms with Crippen molar-refractivity contribution < 1.29 is 14.3 Å². The van der Waals surface area contributed by atoms with Crippen LogP contribution in [0.15, 0.2) is 30.3 Å². The minimum absolute atomic E-state index is 0.150. The Labute approximate surface area is 149 Å². The van der Waals surface area contributed by atoms with Gasteiger partial charge in [-0.05, 0) is 52.0 Å². The zero-order valence-corrected chi connectivity index (χ0v) is 15.4. The fourth-order valence-corrected chi connectivity index (χ4v) is 3.85. The van der Waals surface area contributed by atoms with Gasteiger partial charge < -0.3 is 15.0 Å². The lowest BCUT2D eigenvalue weighted by Crippen LogP contribution is -2.47. The number of likely N-dealkylation sites (tertiary alicyclic amines) is 1. The number of benzene rings is 1. The van der Waals surface area contributed by atoms with E-state index in [1.165, 1.54) is 5.56 Å². The first-order valence-corrected chi connectivity index (χ1v) is 9.10. The van der Waals surface area contributed by atoms with Crippen LogP contribution in [0, 0.1) is 5.41 Å². The molecule has 0 saturated carbocycles. The lowest BCUT2D eigenvalue weighted by Gasteiger charge is -2.38. The van der Waals surface area contributed by atoms with Crippen LogP contribution in [0.3, 0.4) is 0 Å². The van der Waals surface area contributed by atoms with Crippen molar-refractivity contribution in [3.63, 3.8) is 0 Å². The van der Waals surface area contributed by atoms with Crippen LogP contribution < -0.4 is 5.32 Å². The van der Waals surface area contributed by atoms with E-state index in [-0.39, 0.29) is 23.5 Å². The zero-order chi connectivity index (χ0) is 18.1. The van der Waals surface area contributed by atoms with Gasteiger partial charge in [0.15, 0.2) is 0 Å². The molecule has 2 amide bonds. The predicted octanol–water partition coefficient (Wildman–Crippen LogP) is 3.13. The number of hydrogen-bond acceptors (Lipinski definition) is 3. The highest BCUT2D eigenvalue weighted by atomic mass is 16.6. The van der Waals surface area contributed by atoms with Gasteiger partial charge in [-0.25, -0.2) is 4.79 Å². The van der Waals surface area contributed by atoms with Crippen molar-refractivity contribution >= 4 is 12.0 Å². The largest absolute Gasteiger partial charge is 0.444 e. The average Bonchev–Trinajstić information content (AvgIpc) is 2.82. The van der Waals surface area contributed by atoms with Gasteiger partial charge in [-0.1, -0.05) is 30.3 Å². The normalized spacial score (nSPS) is 22.8. The monoisotopic (exact) mass is 344 g/mol. The first-order chi connectivity index (χ1) is 11.8. The van der Waals surface area contributed by atoms with E-state index in [4.69, 9.17) is 4.74 Å². The van der Waals surface area contributed by atoms with Crippen LogP contribution >= 0.6 is 0 Å². The zero-order valence-electron chi connectivity index (χ0n) is 15.4. The second-order valence-electron chi connectivity index (χ2n) is 8.31. The summed E-state index contributed by atoms with van der Waals surface area (Å²) >= 11 is 0. The third-order valence-electron chi connectivity index (χ3n) is 5.15. The summed E-state index contributed by atoms with van der Waals surface area (Å²) in [5.41, 5.74) is 0.437. The third-order valence-corrected chi connectivity index (χ3v) is 5.15. The van der Waals surface area contributed by atoms with E-state index in [1.54, 1.807) is 4.90 Å². The van der Waals surface area contributed by atoms with Gasteiger partial charge in [-0.2, -0.15) is 0 Å². The molecule has 0 bridgehead atoms. The number of rotatable bonds is 2. The standard InChI is InChI=1S/C20H28N2O3/c1-19(2,3)25-18(24)22-11-9-20(10-12-22)14-16(21-17(20)23)13-15-7-5-4-6-8-15/h4-8,16H,9-14H2,1-3H3,(H,21,23). The van der Waals surface area contributed by atoms with Crippen LogP contribution in [0.25, 0.3) is 0 Å². The molecule has 1 unspecified atom stereocenters. The molecule has 0 aliphatic carbocycles. The van der Waals surface area contributed by atoms with E-state index in [0.717, 1.165) is 12.8 Å². The molecule has 2 saturated heterocycles. The number of amides is 2. The predicted molar refractivity (Wildman–Crippen MR) is 96.2 cm³/mol. The molecule has 1 atom stereocenters. The summed E-state index contributed by atoms with van der Waals surface area (Å²) in [7, 11) is 0. The number of carbonyl (C=O) groups is 2. The summed E-state index contributed by atoms with van der Waals surface area (Å²) in [4.78, 5) is 26.5. The van der Waals surface area contributed by atoms with Crippen molar-refractivity contribution in [3.05, 3.63) is 35.9 Å². The van der Waals surface area contributed by atoms with E-state index in [9.17, 15) is 9.59 Å². The number of nitrogens with one attached hydrogen (secondary N) is 1. The molecular weight excluding hydrogens is 316 g/mol. The summed E-state index contributed by atoms with van der Waals surface area (Å²) in [6.45, 7) is 6.78. The Morgan fingerprint density at radius 3 is 2.48 bits per heavy atom. The quantitative estimate of drug-likeness (QED) is 0.897. The molecule has 25 heavy (non-hydrogen) atoms. The van der Waals surface area contributed by atoms with Gasteiger partial charge in [-0.15, -0.1) is 0 Å². The maximum Gasteiger partial charge on any atom is 0.410 e. The van der Waals surface area contributed by atoms with Gasteiger partial charge in [0.05, 0.1) is 5.41 Å². The summed E-state index contributed by atoms with van der Waals surface area (Å²) in [6, 6.07) is 10.4. The van der Waals surface area contributed by atoms with Crippen LogP contribution in [-0.4, -0.2) is 41.6 Å². The van der Waals surface area contributed by atoms with Gasteiger partial charge in [0.25, 0.3) is 0 Å². The molecule has 2 aliphatic rings. The molecule has 2 fully saturated rings. The van der Waals surface area contributed by atoms with Crippen molar-refractivity contribution in [2.45, 2.75) is 58.1 Å². The Bertz CT molecular complexity index is 628. The maximum atomic E-state index is 12.6. The third kappa shape index (κ3) is 4.14. The van der Waals surface area contributed by atoms with Crippen molar-refractivity contribution in [2.24, 2.45) is 5.41 Å². The van der Waals surface area contributed by atoms with Crippen LogP contribution in [0.2, 0.25) is 0 Å². The highest BCUT2D eigenvalue weighted by Gasteiger charge is 2.48. The van der Waals surface area contributed by atoms with E-state index in [1.807, 2.05) is 39.0 Å². The molecule has 3 rings (SSSR count). The number of piperidine rings is 1. The van der Waals surface area contributed by atoms with E-state index in [2.05, 4.69) is 17.4 Å². The molecule has 0 radical (unpaired) electrons. The highest BCUT2D eigenvalue weighted by molar-refractivity contribution is 5.85. The number of hydrogen-bond donors (Lipinski definition) is 1. The van der Waals surface area contributed by atoms with Gasteiger partial charge in [0, 0.05) is 19.1 Å². The topological polar surface area (TPSA) is 58.6 Å². The fourth-order valence-electron chi connectivity index (χ4n) is 3.85. The molecule has 0 aromatic heterocycles. The lowest BCUT2D eigenvalue weighted by atomic mass is 9.75. The Morgan fingerprint density at radius 2 is 1.88 bits per heavy atom. The van der Waals surface area contributed by atoms with Crippen molar-refractivity contribution in [3.8, 4) is 0 Å². The summed E-state index contributed by atoms with van der Waals surface area (Å²) in [6.07, 6.45) is 2.86. The average molecular weight is 344 g/mol. The lowest BCUT2D eigenvalue weighted by molar-refractivity contribution is -0.130. The molecule has 5 heteroatoms. The van der Waals surface area contributed by atoms with Crippen LogP contribution in [0.4, 0.5) is 4.79 Å². The van der Waals surface area contributed by atoms with E-state index in [0.29, 0.717) is 25.9 Å². The molecular formula is C20H28N2O3. The maximum absolute atomic E-state index is 12.6. The summed E-state index contributed by atoms with van der Waals surface area (Å²) in [5, 5.41) is 3.17. The summed E-state index contributed by atoms with van der Waals surface area (Å²) in [5.74, 6) is 0.150. The van der Waals surface area contributed by atoms with Gasteiger partial charge >= 0.3 is 6.09 Å². The van der Waals surface area contributed by atoms with Crippen LogP contribution in [0.5, 0.6) is 0 Å². The van der Waals surface area contributed by atoms with Gasteiger partial charge in [0.1, 0.15) is 5.60 Å². The van der Waals surface area contributed by atoms with Crippen LogP contribution in [-0.2, 0) is 16.0 Å².